The van der Waals surface area contributed by atoms with E-state index in [1.807, 2.05) is 0 Å². The lowest BCUT2D eigenvalue weighted by atomic mass is 9.95. The molecule has 0 bridgehead atoms. The molecule has 2 aliphatic heterocycles. The number of aliphatic carboxylic acids is 2. The fraction of sp³-hybridized carbons (Fsp3) is 0.550. The van der Waals surface area contributed by atoms with E-state index in [1.54, 1.807) is 0 Å². The van der Waals surface area contributed by atoms with Gasteiger partial charge in [-0.25, -0.2) is 9.59 Å². The zero-order valence-corrected chi connectivity index (χ0v) is 15.8. The Hall–Kier alpha value is -2.41. The van der Waals surface area contributed by atoms with Gasteiger partial charge in [0.05, 0.1) is 5.92 Å². The van der Waals surface area contributed by atoms with Crippen LogP contribution >= 0.6 is 0 Å². The first-order valence-electron chi connectivity index (χ1n) is 9.40. The van der Waals surface area contributed by atoms with Crippen LogP contribution in [0.2, 0.25) is 0 Å². The predicted octanol–water partition coefficient (Wildman–Crippen LogP) is 1.99. The molecule has 148 valence electrons. The van der Waals surface area contributed by atoms with E-state index in [1.165, 1.54) is 24.0 Å². The second-order valence-electron chi connectivity index (χ2n) is 7.14. The number of aryl methyl sites for hydroxylation is 1. The number of carboxylic acid groups (broad SMARTS) is 2. The van der Waals surface area contributed by atoms with Crippen LogP contribution in [0.4, 0.5) is 0 Å². The van der Waals surface area contributed by atoms with Gasteiger partial charge in [0.15, 0.2) is 0 Å². The highest BCUT2D eigenvalue weighted by Gasteiger charge is 2.30. The lowest BCUT2D eigenvalue weighted by molar-refractivity contribution is -0.159. The van der Waals surface area contributed by atoms with Gasteiger partial charge in [-0.2, -0.15) is 0 Å². The average Bonchev–Trinajstić information content (AvgIpc) is 3.18. The molecule has 0 spiro atoms. The summed E-state index contributed by atoms with van der Waals surface area (Å²) < 4.78 is 0. The van der Waals surface area contributed by atoms with Crippen molar-refractivity contribution in [1.82, 2.24) is 9.80 Å². The molecule has 2 N–H and O–H groups in total. The van der Waals surface area contributed by atoms with E-state index >= 15 is 0 Å². The fourth-order valence-corrected chi connectivity index (χ4v) is 3.62. The van der Waals surface area contributed by atoms with E-state index in [-0.39, 0.29) is 5.92 Å². The van der Waals surface area contributed by atoms with Crippen molar-refractivity contribution in [2.75, 3.05) is 26.2 Å². The summed E-state index contributed by atoms with van der Waals surface area (Å²) in [5.74, 6) is -3.02. The molecular weight excluding hydrogens is 348 g/mol. The Bertz CT molecular complexity index is 658. The van der Waals surface area contributed by atoms with E-state index < -0.39 is 11.9 Å². The first kappa shape index (κ1) is 20.9. The highest BCUT2D eigenvalue weighted by molar-refractivity contribution is 6.27. The molecule has 2 aliphatic rings. The van der Waals surface area contributed by atoms with Gasteiger partial charge in [-0.3, -0.25) is 9.69 Å². The number of carbonyl (C=O) groups excluding carboxylic acids is 1. The van der Waals surface area contributed by atoms with Gasteiger partial charge in [-0.05, 0) is 50.3 Å². The minimum absolute atomic E-state index is 0.223. The van der Waals surface area contributed by atoms with Crippen molar-refractivity contribution in [2.45, 2.75) is 39.2 Å². The largest absolute Gasteiger partial charge is 0.473 e. The van der Waals surface area contributed by atoms with E-state index in [0.717, 1.165) is 45.6 Å². The molecule has 2 saturated heterocycles. The minimum Gasteiger partial charge on any atom is -0.473 e. The predicted molar refractivity (Wildman–Crippen MR) is 100 cm³/mol. The molecule has 1 aromatic rings. The normalized spacial score (nSPS) is 19.9. The van der Waals surface area contributed by atoms with Crippen LogP contribution in [-0.2, 0) is 20.9 Å². The van der Waals surface area contributed by atoms with Crippen LogP contribution in [0.1, 0.15) is 36.8 Å². The van der Waals surface area contributed by atoms with Crippen LogP contribution in [0, 0.1) is 12.8 Å². The highest BCUT2D eigenvalue weighted by atomic mass is 16.4. The fourth-order valence-electron chi connectivity index (χ4n) is 3.62. The molecule has 27 heavy (non-hydrogen) atoms. The van der Waals surface area contributed by atoms with Gasteiger partial charge >= 0.3 is 11.9 Å². The lowest BCUT2D eigenvalue weighted by Crippen LogP contribution is -2.43. The van der Waals surface area contributed by atoms with Gasteiger partial charge in [-0.1, -0.05) is 24.3 Å². The number of carbonyl (C=O) groups is 3. The minimum atomic E-state index is -1.82. The van der Waals surface area contributed by atoms with Crippen molar-refractivity contribution in [3.8, 4) is 0 Å². The summed E-state index contributed by atoms with van der Waals surface area (Å²) in [7, 11) is 0. The second-order valence-corrected chi connectivity index (χ2v) is 7.14. The van der Waals surface area contributed by atoms with Crippen LogP contribution in [0.25, 0.3) is 0 Å². The Kier molecular flexibility index (Phi) is 7.79. The summed E-state index contributed by atoms with van der Waals surface area (Å²) in [6.45, 7) is 7.17. The summed E-state index contributed by atoms with van der Waals surface area (Å²) in [4.78, 5) is 35.3. The molecule has 7 heteroatoms. The molecular formula is C20H28N2O5. The number of amides is 1. The number of hydrogen-bond donors (Lipinski definition) is 2. The standard InChI is InChI=1S/C18H26N2O.C2H2O4/c1-15-7-2-3-8-16(15)13-19-10-6-9-17(14-19)18(21)20-11-4-5-12-20;3-1(4)2(5)6/h2-3,7-8,17H,4-6,9-14H2,1H3;(H,3,4)(H,5,6). The van der Waals surface area contributed by atoms with Crippen molar-refractivity contribution >= 4 is 17.8 Å². The third-order valence-electron chi connectivity index (χ3n) is 5.11. The van der Waals surface area contributed by atoms with Crippen molar-refractivity contribution in [3.63, 3.8) is 0 Å². The Balaban J connectivity index is 0.000000380. The van der Waals surface area contributed by atoms with Crippen molar-refractivity contribution in [2.24, 2.45) is 5.92 Å². The number of benzene rings is 1. The zero-order valence-electron chi connectivity index (χ0n) is 15.8. The molecule has 1 atom stereocenters. The van der Waals surface area contributed by atoms with E-state index in [0.29, 0.717) is 5.91 Å². The Labute approximate surface area is 159 Å². The Morgan fingerprint density at radius 2 is 1.63 bits per heavy atom. The van der Waals surface area contributed by atoms with Gasteiger partial charge in [0.1, 0.15) is 0 Å². The van der Waals surface area contributed by atoms with Crippen LogP contribution in [0.3, 0.4) is 0 Å². The Morgan fingerprint density at radius 1 is 1.00 bits per heavy atom. The number of piperidine rings is 1. The van der Waals surface area contributed by atoms with Crippen LogP contribution in [0.15, 0.2) is 24.3 Å². The highest BCUT2D eigenvalue weighted by Crippen LogP contribution is 2.23. The maximum Gasteiger partial charge on any atom is 0.414 e. The molecule has 1 amide bonds. The second kappa shape index (κ2) is 10.1. The number of hydrogen-bond acceptors (Lipinski definition) is 4. The van der Waals surface area contributed by atoms with Gasteiger partial charge in [0, 0.05) is 26.2 Å². The molecule has 7 nitrogen and oxygen atoms in total. The van der Waals surface area contributed by atoms with Crippen LogP contribution in [0.5, 0.6) is 0 Å². The summed E-state index contributed by atoms with van der Waals surface area (Å²) in [6.07, 6.45) is 4.59. The quantitative estimate of drug-likeness (QED) is 0.783. The number of rotatable bonds is 3. The van der Waals surface area contributed by atoms with Crippen LogP contribution in [-0.4, -0.2) is 64.0 Å². The van der Waals surface area contributed by atoms with Crippen molar-refractivity contribution < 1.29 is 24.6 Å². The molecule has 1 aromatic carbocycles. The molecule has 0 saturated carbocycles. The van der Waals surface area contributed by atoms with Gasteiger partial charge in [0.2, 0.25) is 5.91 Å². The summed E-state index contributed by atoms with van der Waals surface area (Å²) in [6, 6.07) is 8.58. The zero-order chi connectivity index (χ0) is 19.8. The molecule has 2 heterocycles. The monoisotopic (exact) mass is 376 g/mol. The van der Waals surface area contributed by atoms with Crippen molar-refractivity contribution in [1.29, 1.82) is 0 Å². The van der Waals surface area contributed by atoms with E-state index in [2.05, 4.69) is 41.0 Å². The molecule has 0 radical (unpaired) electrons. The third-order valence-corrected chi connectivity index (χ3v) is 5.11. The number of carboxylic acids is 2. The van der Waals surface area contributed by atoms with E-state index in [4.69, 9.17) is 19.8 Å². The van der Waals surface area contributed by atoms with E-state index in [9.17, 15) is 4.79 Å². The SMILES string of the molecule is Cc1ccccc1CN1CCCC(C(=O)N2CCCC2)C1.O=C(O)C(=O)O. The Morgan fingerprint density at radius 3 is 2.22 bits per heavy atom. The molecule has 0 aromatic heterocycles. The third kappa shape index (κ3) is 6.36. The summed E-state index contributed by atoms with van der Waals surface area (Å²) in [5, 5.41) is 14.8. The molecule has 0 aliphatic carbocycles. The maximum atomic E-state index is 12.6. The van der Waals surface area contributed by atoms with Crippen LogP contribution < -0.4 is 0 Å². The lowest BCUT2D eigenvalue weighted by Gasteiger charge is -2.34. The first-order valence-corrected chi connectivity index (χ1v) is 9.40. The topological polar surface area (TPSA) is 98.2 Å². The smallest absolute Gasteiger partial charge is 0.414 e. The number of likely N-dealkylation sites (tertiary alicyclic amines) is 2. The summed E-state index contributed by atoms with van der Waals surface area (Å²) >= 11 is 0. The van der Waals surface area contributed by atoms with Crippen molar-refractivity contribution in [3.05, 3.63) is 35.4 Å². The molecule has 3 rings (SSSR count). The average molecular weight is 376 g/mol. The molecule has 1 unspecified atom stereocenters. The van der Waals surface area contributed by atoms with Gasteiger partial charge < -0.3 is 15.1 Å². The summed E-state index contributed by atoms with van der Waals surface area (Å²) in [5.41, 5.74) is 2.75. The molecule has 2 fully saturated rings. The van der Waals surface area contributed by atoms with Gasteiger partial charge in [-0.15, -0.1) is 0 Å². The number of nitrogens with zero attached hydrogens (tertiary/aromatic N) is 2. The first-order chi connectivity index (χ1) is 12.9. The van der Waals surface area contributed by atoms with Gasteiger partial charge in [0.25, 0.3) is 0 Å². The maximum absolute atomic E-state index is 12.6.